The third-order valence-corrected chi connectivity index (χ3v) is 3.79. The molecule has 1 aromatic carbocycles. The van der Waals surface area contributed by atoms with Gasteiger partial charge in [0.15, 0.2) is 0 Å². The van der Waals surface area contributed by atoms with Gasteiger partial charge in [-0.15, -0.1) is 0 Å². The molecule has 1 heterocycles. The molecule has 0 radical (unpaired) electrons. The number of rotatable bonds is 2. The summed E-state index contributed by atoms with van der Waals surface area (Å²) in [5.41, 5.74) is 0.370. The Labute approximate surface area is 113 Å². The van der Waals surface area contributed by atoms with E-state index in [4.69, 9.17) is 5.11 Å². The molecule has 1 aromatic rings. The van der Waals surface area contributed by atoms with Crippen LogP contribution in [0.2, 0.25) is 0 Å². The molecule has 1 aliphatic heterocycles. The number of carbonyl (C=O) groups is 2. The number of carboxylic acids is 1. The van der Waals surface area contributed by atoms with Gasteiger partial charge < -0.3 is 10.0 Å². The van der Waals surface area contributed by atoms with Crippen molar-refractivity contribution < 1.29 is 14.7 Å². The van der Waals surface area contributed by atoms with Crippen LogP contribution >= 0.6 is 0 Å². The van der Waals surface area contributed by atoms with Crippen molar-refractivity contribution in [2.24, 2.45) is 5.92 Å². The van der Waals surface area contributed by atoms with Crippen molar-refractivity contribution in [3.8, 4) is 0 Å². The monoisotopic (exact) mass is 261 g/mol. The van der Waals surface area contributed by atoms with Crippen LogP contribution in [0.15, 0.2) is 24.3 Å². The van der Waals surface area contributed by atoms with Crippen molar-refractivity contribution in [3.05, 3.63) is 35.4 Å². The molecule has 4 nitrogen and oxygen atoms in total. The van der Waals surface area contributed by atoms with Crippen molar-refractivity contribution in [1.29, 1.82) is 0 Å². The van der Waals surface area contributed by atoms with E-state index in [-0.39, 0.29) is 23.1 Å². The third-order valence-electron chi connectivity index (χ3n) is 3.79. The van der Waals surface area contributed by atoms with Gasteiger partial charge >= 0.3 is 5.97 Å². The molecule has 0 spiro atoms. The Balaban J connectivity index is 2.27. The van der Waals surface area contributed by atoms with Gasteiger partial charge in [0.05, 0.1) is 11.1 Å². The van der Waals surface area contributed by atoms with E-state index in [0.29, 0.717) is 12.5 Å². The molecule has 0 bridgehead atoms. The molecule has 1 aliphatic rings. The lowest BCUT2D eigenvalue weighted by Crippen LogP contribution is -2.44. The summed E-state index contributed by atoms with van der Waals surface area (Å²) in [4.78, 5) is 25.5. The SMILES string of the molecule is C[C@@H]1CCN(C(=O)c2ccccc2C(=O)O)[C@H](C)C1. The first-order chi connectivity index (χ1) is 9.00. The first-order valence-corrected chi connectivity index (χ1v) is 6.64. The molecule has 1 saturated heterocycles. The number of hydrogen-bond donors (Lipinski definition) is 1. The standard InChI is InChI=1S/C15H19NO3/c1-10-7-8-16(11(2)9-10)14(17)12-5-3-4-6-13(12)15(18)19/h3-6,10-11H,7-9H2,1-2H3,(H,18,19)/t10-,11-/m1/s1. The normalized spacial score (nSPS) is 23.2. The van der Waals surface area contributed by atoms with Gasteiger partial charge in [0.25, 0.3) is 5.91 Å². The minimum Gasteiger partial charge on any atom is -0.478 e. The van der Waals surface area contributed by atoms with Gasteiger partial charge in [0.2, 0.25) is 0 Å². The Bertz CT molecular complexity index is 498. The van der Waals surface area contributed by atoms with E-state index in [9.17, 15) is 9.59 Å². The summed E-state index contributed by atoms with van der Waals surface area (Å²) < 4.78 is 0. The molecule has 2 atom stereocenters. The fraction of sp³-hybridized carbons (Fsp3) is 0.467. The fourth-order valence-electron chi connectivity index (χ4n) is 2.72. The maximum atomic E-state index is 12.5. The first kappa shape index (κ1) is 13.6. The highest BCUT2D eigenvalue weighted by Crippen LogP contribution is 2.24. The van der Waals surface area contributed by atoms with E-state index in [0.717, 1.165) is 12.8 Å². The molecule has 1 amide bonds. The van der Waals surface area contributed by atoms with E-state index in [1.54, 1.807) is 23.1 Å². The number of nitrogens with zero attached hydrogens (tertiary/aromatic N) is 1. The van der Waals surface area contributed by atoms with Crippen LogP contribution in [-0.4, -0.2) is 34.5 Å². The van der Waals surface area contributed by atoms with Crippen LogP contribution in [0.3, 0.4) is 0 Å². The Morgan fingerprint density at radius 2 is 1.84 bits per heavy atom. The Morgan fingerprint density at radius 1 is 1.21 bits per heavy atom. The minimum atomic E-state index is -1.05. The van der Waals surface area contributed by atoms with E-state index in [1.165, 1.54) is 6.07 Å². The molecular weight excluding hydrogens is 242 g/mol. The predicted octanol–water partition coefficient (Wildman–Crippen LogP) is 2.65. The quantitative estimate of drug-likeness (QED) is 0.890. The van der Waals surface area contributed by atoms with Crippen LogP contribution in [0.5, 0.6) is 0 Å². The van der Waals surface area contributed by atoms with Crippen LogP contribution in [0.25, 0.3) is 0 Å². The number of carbonyl (C=O) groups excluding carboxylic acids is 1. The van der Waals surface area contributed by atoms with Gasteiger partial charge in [-0.3, -0.25) is 4.79 Å². The number of benzene rings is 1. The van der Waals surface area contributed by atoms with Crippen LogP contribution in [0, 0.1) is 5.92 Å². The van der Waals surface area contributed by atoms with Gasteiger partial charge in [0, 0.05) is 12.6 Å². The topological polar surface area (TPSA) is 57.6 Å². The van der Waals surface area contributed by atoms with Crippen molar-refractivity contribution in [2.75, 3.05) is 6.54 Å². The van der Waals surface area contributed by atoms with E-state index < -0.39 is 5.97 Å². The lowest BCUT2D eigenvalue weighted by molar-refractivity contribution is 0.0573. The summed E-state index contributed by atoms with van der Waals surface area (Å²) in [7, 11) is 0. The van der Waals surface area contributed by atoms with E-state index in [1.807, 2.05) is 6.92 Å². The molecular formula is C15H19NO3. The highest BCUT2D eigenvalue weighted by atomic mass is 16.4. The number of aromatic carboxylic acids is 1. The second kappa shape index (κ2) is 5.43. The fourth-order valence-corrected chi connectivity index (χ4v) is 2.72. The molecule has 0 saturated carbocycles. The van der Waals surface area contributed by atoms with Gasteiger partial charge in [-0.1, -0.05) is 19.1 Å². The van der Waals surface area contributed by atoms with Gasteiger partial charge in [-0.05, 0) is 37.8 Å². The molecule has 1 N–H and O–H groups in total. The Hall–Kier alpha value is -1.84. The van der Waals surface area contributed by atoms with Crippen molar-refractivity contribution in [1.82, 2.24) is 4.90 Å². The number of amides is 1. The number of hydrogen-bond acceptors (Lipinski definition) is 2. The largest absolute Gasteiger partial charge is 0.478 e. The van der Waals surface area contributed by atoms with Gasteiger partial charge in [0.1, 0.15) is 0 Å². The molecule has 2 rings (SSSR count). The summed E-state index contributed by atoms with van der Waals surface area (Å²) in [6.45, 7) is 4.91. The molecule has 0 aliphatic carbocycles. The third kappa shape index (κ3) is 2.78. The number of likely N-dealkylation sites (tertiary alicyclic amines) is 1. The zero-order valence-corrected chi connectivity index (χ0v) is 11.3. The molecule has 0 unspecified atom stereocenters. The van der Waals surface area contributed by atoms with Gasteiger partial charge in [-0.2, -0.15) is 0 Å². The smallest absolute Gasteiger partial charge is 0.336 e. The number of carboxylic acid groups (broad SMARTS) is 1. The maximum absolute atomic E-state index is 12.5. The molecule has 0 aromatic heterocycles. The van der Waals surface area contributed by atoms with Crippen molar-refractivity contribution >= 4 is 11.9 Å². The van der Waals surface area contributed by atoms with E-state index >= 15 is 0 Å². The zero-order valence-electron chi connectivity index (χ0n) is 11.3. The summed E-state index contributed by atoms with van der Waals surface area (Å²) in [5, 5.41) is 9.15. The van der Waals surface area contributed by atoms with Crippen LogP contribution in [0.4, 0.5) is 0 Å². The Morgan fingerprint density at radius 3 is 2.42 bits per heavy atom. The van der Waals surface area contributed by atoms with Gasteiger partial charge in [-0.25, -0.2) is 4.79 Å². The summed E-state index contributed by atoms with van der Waals surface area (Å²) in [6, 6.07) is 6.58. The summed E-state index contributed by atoms with van der Waals surface area (Å²) >= 11 is 0. The summed E-state index contributed by atoms with van der Waals surface area (Å²) in [6.07, 6.45) is 1.95. The lowest BCUT2D eigenvalue weighted by atomic mass is 9.92. The van der Waals surface area contributed by atoms with Crippen molar-refractivity contribution in [3.63, 3.8) is 0 Å². The first-order valence-electron chi connectivity index (χ1n) is 6.64. The average molecular weight is 261 g/mol. The zero-order chi connectivity index (χ0) is 14.0. The highest BCUT2D eigenvalue weighted by molar-refractivity contribution is 6.04. The lowest BCUT2D eigenvalue weighted by Gasteiger charge is -2.36. The van der Waals surface area contributed by atoms with Crippen LogP contribution < -0.4 is 0 Å². The maximum Gasteiger partial charge on any atom is 0.336 e. The molecule has 19 heavy (non-hydrogen) atoms. The average Bonchev–Trinajstić information content (AvgIpc) is 2.38. The molecule has 1 fully saturated rings. The number of piperidine rings is 1. The molecule has 4 heteroatoms. The second-order valence-corrected chi connectivity index (χ2v) is 5.33. The second-order valence-electron chi connectivity index (χ2n) is 5.33. The minimum absolute atomic E-state index is 0.0818. The Kier molecular flexibility index (Phi) is 3.88. The molecule has 102 valence electrons. The summed E-state index contributed by atoms with van der Waals surface area (Å²) in [5.74, 6) is -0.604. The van der Waals surface area contributed by atoms with E-state index in [2.05, 4.69) is 6.92 Å². The van der Waals surface area contributed by atoms with Crippen LogP contribution in [-0.2, 0) is 0 Å². The van der Waals surface area contributed by atoms with Crippen LogP contribution in [0.1, 0.15) is 47.4 Å². The highest BCUT2D eigenvalue weighted by Gasteiger charge is 2.29. The predicted molar refractivity (Wildman–Crippen MR) is 72.3 cm³/mol. The van der Waals surface area contributed by atoms with Crippen molar-refractivity contribution in [2.45, 2.75) is 32.7 Å².